The molecule has 0 unspecified atom stereocenters. The molecule has 8 nitrogen and oxygen atoms in total. The van der Waals surface area contributed by atoms with Gasteiger partial charge in [-0.1, -0.05) is 12.1 Å². The first-order valence-electron chi connectivity index (χ1n) is 8.45. The van der Waals surface area contributed by atoms with Gasteiger partial charge in [0.15, 0.2) is 11.7 Å². The first kappa shape index (κ1) is 17.7. The largest absolute Gasteiger partial charge is 0.506 e. The summed E-state index contributed by atoms with van der Waals surface area (Å²) in [5.74, 6) is 1.24. The number of para-hydroxylation sites is 2. The van der Waals surface area contributed by atoms with E-state index < -0.39 is 5.91 Å². The van der Waals surface area contributed by atoms with Gasteiger partial charge in [-0.25, -0.2) is 0 Å². The molecular weight excluding hydrogens is 334 g/mol. The fraction of sp³-hybridized carbons (Fsp3) is 0.333. The quantitative estimate of drug-likeness (QED) is 0.556. The van der Waals surface area contributed by atoms with Crippen LogP contribution in [0.15, 0.2) is 45.8 Å². The Morgan fingerprint density at radius 1 is 1.23 bits per heavy atom. The third kappa shape index (κ3) is 3.90. The highest BCUT2D eigenvalue weighted by atomic mass is 16.3. The molecule has 0 atom stereocenters. The number of benzene rings is 1. The van der Waals surface area contributed by atoms with Crippen LogP contribution in [0.4, 0.5) is 5.69 Å². The number of aliphatic imine (C=N–C) groups is 1. The number of rotatable bonds is 4. The van der Waals surface area contributed by atoms with Gasteiger partial charge in [-0.05, 0) is 24.3 Å². The molecule has 1 aliphatic rings. The predicted octanol–water partition coefficient (Wildman–Crippen LogP) is 0.982. The lowest BCUT2D eigenvalue weighted by atomic mass is 10.2. The summed E-state index contributed by atoms with van der Waals surface area (Å²) in [6, 6.07) is 10.6. The zero-order chi connectivity index (χ0) is 18.5. The number of furan rings is 1. The van der Waals surface area contributed by atoms with Crippen LogP contribution in [0.25, 0.3) is 0 Å². The third-order valence-electron chi connectivity index (χ3n) is 4.34. The Balaban J connectivity index is 1.55. The average molecular weight is 357 g/mol. The van der Waals surface area contributed by atoms with E-state index in [1.807, 2.05) is 18.2 Å². The number of carbonyl (C=O) groups excluding carboxylic acids is 1. The van der Waals surface area contributed by atoms with Crippen molar-refractivity contribution in [3.63, 3.8) is 0 Å². The van der Waals surface area contributed by atoms with Crippen LogP contribution in [0.1, 0.15) is 16.3 Å². The Labute approximate surface area is 151 Å². The van der Waals surface area contributed by atoms with Gasteiger partial charge < -0.3 is 30.4 Å². The van der Waals surface area contributed by atoms with Crippen molar-refractivity contribution in [2.45, 2.75) is 6.54 Å². The number of phenolic OH excluding ortho intramolecular Hbond substituents is 1. The predicted molar refractivity (Wildman–Crippen MR) is 99.3 cm³/mol. The number of amides is 1. The minimum absolute atomic E-state index is 0.146. The smallest absolute Gasteiger partial charge is 0.284 e. The molecule has 0 radical (unpaired) electrons. The molecule has 0 bridgehead atoms. The second-order valence-corrected chi connectivity index (χ2v) is 5.99. The van der Waals surface area contributed by atoms with Crippen LogP contribution in [0.3, 0.4) is 0 Å². The zero-order valence-corrected chi connectivity index (χ0v) is 14.7. The van der Waals surface area contributed by atoms with Crippen LogP contribution in [0, 0.1) is 0 Å². The van der Waals surface area contributed by atoms with Gasteiger partial charge in [0.05, 0.1) is 12.2 Å². The summed E-state index contributed by atoms with van der Waals surface area (Å²) < 4.78 is 5.37. The number of nitrogens with zero attached hydrogens (tertiary/aromatic N) is 3. The number of primary amides is 1. The van der Waals surface area contributed by atoms with Gasteiger partial charge in [-0.3, -0.25) is 9.79 Å². The summed E-state index contributed by atoms with van der Waals surface area (Å²) in [5, 5.41) is 13.2. The molecule has 1 aromatic carbocycles. The monoisotopic (exact) mass is 357 g/mol. The Morgan fingerprint density at radius 3 is 2.58 bits per heavy atom. The summed E-state index contributed by atoms with van der Waals surface area (Å²) in [6.45, 7) is 3.53. The summed E-state index contributed by atoms with van der Waals surface area (Å²) in [4.78, 5) is 19.7. The number of hydrogen-bond acceptors (Lipinski definition) is 5. The second kappa shape index (κ2) is 7.81. The maximum atomic E-state index is 11.1. The SMILES string of the molecule is CN=C(NCc1ccc(C(N)=O)o1)N1CCN(c2ccccc2O)CC1. The molecule has 1 amide bonds. The highest BCUT2D eigenvalue weighted by molar-refractivity contribution is 5.89. The second-order valence-electron chi connectivity index (χ2n) is 5.99. The van der Waals surface area contributed by atoms with Gasteiger partial charge in [-0.15, -0.1) is 0 Å². The molecule has 0 spiro atoms. The minimum Gasteiger partial charge on any atom is -0.506 e. The lowest BCUT2D eigenvalue weighted by Crippen LogP contribution is -2.52. The highest BCUT2D eigenvalue weighted by Crippen LogP contribution is 2.27. The van der Waals surface area contributed by atoms with E-state index in [-0.39, 0.29) is 5.76 Å². The molecule has 3 rings (SSSR count). The number of guanidine groups is 1. The summed E-state index contributed by atoms with van der Waals surface area (Å²) in [6.07, 6.45) is 0. The van der Waals surface area contributed by atoms with Gasteiger partial charge >= 0.3 is 0 Å². The van der Waals surface area contributed by atoms with Crippen molar-refractivity contribution < 1.29 is 14.3 Å². The van der Waals surface area contributed by atoms with Crippen LogP contribution in [-0.4, -0.2) is 55.1 Å². The van der Waals surface area contributed by atoms with Gasteiger partial charge in [-0.2, -0.15) is 0 Å². The van der Waals surface area contributed by atoms with E-state index in [0.29, 0.717) is 18.1 Å². The molecule has 1 fully saturated rings. The van der Waals surface area contributed by atoms with E-state index in [9.17, 15) is 9.90 Å². The zero-order valence-electron chi connectivity index (χ0n) is 14.7. The lowest BCUT2D eigenvalue weighted by Gasteiger charge is -2.37. The molecule has 1 aliphatic heterocycles. The Bertz CT molecular complexity index is 794. The molecule has 4 N–H and O–H groups in total. The van der Waals surface area contributed by atoms with Crippen LogP contribution in [-0.2, 0) is 6.54 Å². The van der Waals surface area contributed by atoms with Crippen molar-refractivity contribution in [1.82, 2.24) is 10.2 Å². The summed E-state index contributed by atoms with van der Waals surface area (Å²) in [5.41, 5.74) is 6.04. The topological polar surface area (TPSA) is 107 Å². The first-order valence-corrected chi connectivity index (χ1v) is 8.45. The van der Waals surface area contributed by atoms with E-state index in [0.717, 1.165) is 37.8 Å². The standard InChI is InChI=1S/C18H23N5O3/c1-20-18(21-12-13-6-7-16(26-13)17(19)25)23-10-8-22(9-11-23)14-4-2-3-5-15(14)24/h2-7,24H,8-12H2,1H3,(H2,19,25)(H,20,21). The number of nitrogens with two attached hydrogens (primary N) is 1. The third-order valence-corrected chi connectivity index (χ3v) is 4.34. The van der Waals surface area contributed by atoms with Crippen molar-refractivity contribution in [3.05, 3.63) is 47.9 Å². The van der Waals surface area contributed by atoms with E-state index in [4.69, 9.17) is 10.2 Å². The van der Waals surface area contributed by atoms with Gasteiger partial charge in [0.2, 0.25) is 0 Å². The number of piperazine rings is 1. The van der Waals surface area contributed by atoms with Crippen molar-refractivity contribution in [1.29, 1.82) is 0 Å². The molecule has 0 saturated carbocycles. The molecule has 1 aromatic heterocycles. The minimum atomic E-state index is -0.582. The first-order chi connectivity index (χ1) is 12.6. The van der Waals surface area contributed by atoms with Crippen molar-refractivity contribution >= 4 is 17.6 Å². The molecule has 0 aliphatic carbocycles. The van der Waals surface area contributed by atoms with Crippen molar-refractivity contribution in [3.8, 4) is 5.75 Å². The molecule has 2 heterocycles. The van der Waals surface area contributed by atoms with Crippen LogP contribution < -0.4 is 16.0 Å². The number of phenols is 1. The Hall–Kier alpha value is -3.16. The van der Waals surface area contributed by atoms with Crippen molar-refractivity contribution in [2.24, 2.45) is 10.7 Å². The normalized spacial score (nSPS) is 15.2. The molecule has 8 heteroatoms. The summed E-state index contributed by atoms with van der Waals surface area (Å²) in [7, 11) is 1.73. The molecular formula is C18H23N5O3. The van der Waals surface area contributed by atoms with Crippen molar-refractivity contribution in [2.75, 3.05) is 38.1 Å². The lowest BCUT2D eigenvalue weighted by molar-refractivity contribution is 0.0972. The highest BCUT2D eigenvalue weighted by Gasteiger charge is 2.21. The van der Waals surface area contributed by atoms with Crippen LogP contribution in [0.5, 0.6) is 5.75 Å². The molecule has 26 heavy (non-hydrogen) atoms. The van der Waals surface area contributed by atoms with Gasteiger partial charge in [0.25, 0.3) is 5.91 Å². The number of carbonyl (C=O) groups is 1. The van der Waals surface area contributed by atoms with Gasteiger partial charge in [0, 0.05) is 33.2 Å². The molecule has 2 aromatic rings. The van der Waals surface area contributed by atoms with Crippen LogP contribution in [0.2, 0.25) is 0 Å². The number of anilines is 1. The summed E-state index contributed by atoms with van der Waals surface area (Å²) >= 11 is 0. The Kier molecular flexibility index (Phi) is 5.31. The molecule has 138 valence electrons. The van der Waals surface area contributed by atoms with Crippen LogP contribution >= 0.6 is 0 Å². The van der Waals surface area contributed by atoms with E-state index in [1.54, 1.807) is 25.2 Å². The van der Waals surface area contributed by atoms with Gasteiger partial charge in [0.1, 0.15) is 11.5 Å². The number of hydrogen-bond donors (Lipinski definition) is 3. The Morgan fingerprint density at radius 2 is 1.96 bits per heavy atom. The van der Waals surface area contributed by atoms with E-state index >= 15 is 0 Å². The van der Waals surface area contributed by atoms with E-state index in [1.165, 1.54) is 0 Å². The fourth-order valence-corrected chi connectivity index (χ4v) is 2.99. The number of nitrogens with one attached hydrogen (secondary N) is 1. The average Bonchev–Trinajstić information content (AvgIpc) is 3.13. The maximum absolute atomic E-state index is 11.1. The molecule has 1 saturated heterocycles. The maximum Gasteiger partial charge on any atom is 0.284 e. The fourth-order valence-electron chi connectivity index (χ4n) is 2.99. The van der Waals surface area contributed by atoms with E-state index in [2.05, 4.69) is 20.1 Å². The number of aromatic hydroxyl groups is 1.